The summed E-state index contributed by atoms with van der Waals surface area (Å²) in [5.74, 6) is -0.243. The zero-order valence-corrected chi connectivity index (χ0v) is 14.7. The average Bonchev–Trinajstić information content (AvgIpc) is 3.09. The first-order chi connectivity index (χ1) is 12.1. The molecule has 0 saturated heterocycles. The fourth-order valence-electron chi connectivity index (χ4n) is 2.48. The summed E-state index contributed by atoms with van der Waals surface area (Å²) in [5.41, 5.74) is 1.80. The molecule has 0 spiro atoms. The van der Waals surface area contributed by atoms with Crippen LogP contribution >= 0.6 is 11.3 Å². The molecule has 0 fully saturated rings. The minimum absolute atomic E-state index is 0.155. The van der Waals surface area contributed by atoms with Gasteiger partial charge in [-0.05, 0) is 41.5 Å². The van der Waals surface area contributed by atoms with Crippen molar-refractivity contribution in [2.75, 3.05) is 6.54 Å². The first kappa shape index (κ1) is 17.5. The highest BCUT2D eigenvalue weighted by Crippen LogP contribution is 2.29. The number of aromatic nitrogens is 1. The number of fused-ring (bicyclic) bond motifs is 1. The van der Waals surface area contributed by atoms with Gasteiger partial charge in [-0.3, -0.25) is 9.78 Å². The molecule has 3 rings (SSSR count). The van der Waals surface area contributed by atoms with Gasteiger partial charge in [-0.1, -0.05) is 18.2 Å². The SMILES string of the molecule is CC(OCc1ccncc1)C(=O)NCC(O)c1csc2ccccc12. The number of nitrogens with one attached hydrogen (secondary N) is 1. The molecule has 2 N–H and O–H groups in total. The number of carbonyl (C=O) groups excluding carboxylic acids is 1. The molecule has 25 heavy (non-hydrogen) atoms. The van der Waals surface area contributed by atoms with Gasteiger partial charge in [0.05, 0.1) is 12.7 Å². The molecule has 2 heterocycles. The summed E-state index contributed by atoms with van der Waals surface area (Å²) in [6.45, 7) is 2.19. The molecule has 0 saturated carbocycles. The molecular formula is C19H20N2O3S. The van der Waals surface area contributed by atoms with Crippen LogP contribution in [0.25, 0.3) is 10.1 Å². The smallest absolute Gasteiger partial charge is 0.248 e. The van der Waals surface area contributed by atoms with Gasteiger partial charge in [-0.25, -0.2) is 0 Å². The summed E-state index contributed by atoms with van der Waals surface area (Å²) < 4.78 is 6.69. The lowest BCUT2D eigenvalue weighted by Crippen LogP contribution is -2.36. The Morgan fingerprint density at radius 3 is 2.84 bits per heavy atom. The normalized spacial score (nSPS) is 13.5. The number of hydrogen-bond donors (Lipinski definition) is 2. The van der Waals surface area contributed by atoms with Gasteiger partial charge in [0.25, 0.3) is 0 Å². The second-order valence-corrected chi connectivity index (χ2v) is 6.67. The monoisotopic (exact) mass is 356 g/mol. The second kappa shape index (κ2) is 8.20. The van der Waals surface area contributed by atoms with Crippen molar-refractivity contribution in [2.45, 2.75) is 25.7 Å². The quantitative estimate of drug-likeness (QED) is 0.682. The molecule has 130 valence electrons. The highest BCUT2D eigenvalue weighted by Gasteiger charge is 2.17. The van der Waals surface area contributed by atoms with Gasteiger partial charge in [0.2, 0.25) is 5.91 Å². The number of aliphatic hydroxyl groups excluding tert-OH is 1. The number of hydrogen-bond acceptors (Lipinski definition) is 5. The molecule has 0 bridgehead atoms. The number of benzene rings is 1. The van der Waals surface area contributed by atoms with Crippen LogP contribution < -0.4 is 5.32 Å². The van der Waals surface area contributed by atoms with Gasteiger partial charge in [-0.15, -0.1) is 11.3 Å². The van der Waals surface area contributed by atoms with Crippen LogP contribution in [0.15, 0.2) is 54.2 Å². The van der Waals surface area contributed by atoms with E-state index in [-0.39, 0.29) is 12.5 Å². The predicted octanol–water partition coefficient (Wildman–Crippen LogP) is 3.05. The van der Waals surface area contributed by atoms with E-state index in [1.165, 1.54) is 0 Å². The van der Waals surface area contributed by atoms with Gasteiger partial charge in [0.1, 0.15) is 6.10 Å². The fourth-order valence-corrected chi connectivity index (χ4v) is 3.49. The molecule has 2 atom stereocenters. The van der Waals surface area contributed by atoms with Gasteiger partial charge >= 0.3 is 0 Å². The number of aliphatic hydroxyl groups is 1. The molecule has 6 heteroatoms. The minimum Gasteiger partial charge on any atom is -0.387 e. The Morgan fingerprint density at radius 2 is 2.04 bits per heavy atom. The number of amides is 1. The van der Waals surface area contributed by atoms with E-state index in [2.05, 4.69) is 10.3 Å². The Kier molecular flexibility index (Phi) is 5.75. The lowest BCUT2D eigenvalue weighted by molar-refractivity contribution is -0.132. The van der Waals surface area contributed by atoms with E-state index in [1.807, 2.05) is 41.8 Å². The molecule has 2 unspecified atom stereocenters. The van der Waals surface area contributed by atoms with Crippen LogP contribution in [-0.4, -0.2) is 28.6 Å². The molecule has 0 aliphatic carbocycles. The first-order valence-electron chi connectivity index (χ1n) is 8.07. The van der Waals surface area contributed by atoms with Crippen LogP contribution in [0.1, 0.15) is 24.2 Å². The number of thiophene rings is 1. The van der Waals surface area contributed by atoms with Crippen LogP contribution in [0.4, 0.5) is 0 Å². The number of nitrogens with zero attached hydrogens (tertiary/aromatic N) is 1. The van der Waals surface area contributed by atoms with Gasteiger partial charge in [0.15, 0.2) is 0 Å². The zero-order chi connectivity index (χ0) is 17.6. The lowest BCUT2D eigenvalue weighted by Gasteiger charge is -2.16. The Labute approximate surface area is 150 Å². The molecule has 5 nitrogen and oxygen atoms in total. The molecule has 3 aromatic rings. The standard InChI is InChI=1S/C19H20N2O3S/c1-13(24-11-14-6-8-20-9-7-14)19(23)21-10-17(22)16-12-25-18-5-3-2-4-15(16)18/h2-9,12-13,17,22H,10-11H2,1H3,(H,21,23). The topological polar surface area (TPSA) is 71.5 Å². The van der Waals surface area contributed by atoms with E-state index in [0.29, 0.717) is 6.61 Å². The Balaban J connectivity index is 1.51. The van der Waals surface area contributed by atoms with E-state index in [4.69, 9.17) is 4.74 Å². The van der Waals surface area contributed by atoms with Crippen LogP contribution in [0, 0.1) is 0 Å². The second-order valence-electron chi connectivity index (χ2n) is 5.76. The van der Waals surface area contributed by atoms with Gasteiger partial charge in [0, 0.05) is 29.2 Å². The van der Waals surface area contributed by atoms with E-state index in [0.717, 1.165) is 21.2 Å². The predicted molar refractivity (Wildman–Crippen MR) is 98.3 cm³/mol. The molecular weight excluding hydrogens is 336 g/mol. The number of pyridine rings is 1. The van der Waals surface area contributed by atoms with Crippen molar-refractivity contribution in [2.24, 2.45) is 0 Å². The van der Waals surface area contributed by atoms with Gasteiger partial charge in [-0.2, -0.15) is 0 Å². The van der Waals surface area contributed by atoms with Gasteiger partial charge < -0.3 is 15.2 Å². The first-order valence-corrected chi connectivity index (χ1v) is 8.95. The molecule has 0 radical (unpaired) electrons. The van der Waals surface area contributed by atoms with Crippen molar-refractivity contribution in [1.82, 2.24) is 10.3 Å². The summed E-state index contributed by atoms with van der Waals surface area (Å²) in [7, 11) is 0. The largest absolute Gasteiger partial charge is 0.387 e. The average molecular weight is 356 g/mol. The summed E-state index contributed by atoms with van der Waals surface area (Å²) in [6.07, 6.45) is 2.03. The molecule has 1 amide bonds. The van der Waals surface area contributed by atoms with Crippen LogP contribution in [0.3, 0.4) is 0 Å². The van der Waals surface area contributed by atoms with Crippen molar-refractivity contribution in [3.63, 3.8) is 0 Å². The summed E-state index contributed by atoms with van der Waals surface area (Å²) in [5, 5.41) is 16.1. The number of rotatable bonds is 7. The Morgan fingerprint density at radius 1 is 1.28 bits per heavy atom. The molecule has 1 aromatic carbocycles. The zero-order valence-electron chi connectivity index (χ0n) is 13.9. The molecule has 0 aliphatic heterocycles. The van der Waals surface area contributed by atoms with Crippen molar-refractivity contribution in [3.8, 4) is 0 Å². The maximum Gasteiger partial charge on any atom is 0.248 e. The summed E-state index contributed by atoms with van der Waals surface area (Å²) in [4.78, 5) is 16.1. The summed E-state index contributed by atoms with van der Waals surface area (Å²) in [6, 6.07) is 11.6. The highest BCUT2D eigenvalue weighted by atomic mass is 32.1. The maximum absolute atomic E-state index is 12.1. The lowest BCUT2D eigenvalue weighted by atomic mass is 10.1. The van der Waals surface area contributed by atoms with Crippen LogP contribution in [0.5, 0.6) is 0 Å². The highest BCUT2D eigenvalue weighted by molar-refractivity contribution is 7.17. The van der Waals surface area contributed by atoms with Crippen molar-refractivity contribution in [1.29, 1.82) is 0 Å². The van der Waals surface area contributed by atoms with E-state index >= 15 is 0 Å². The van der Waals surface area contributed by atoms with E-state index in [9.17, 15) is 9.90 Å². The van der Waals surface area contributed by atoms with E-state index in [1.54, 1.807) is 30.7 Å². The van der Waals surface area contributed by atoms with Crippen molar-refractivity contribution < 1.29 is 14.6 Å². The maximum atomic E-state index is 12.1. The van der Waals surface area contributed by atoms with Crippen LogP contribution in [0.2, 0.25) is 0 Å². The third kappa shape index (κ3) is 4.42. The van der Waals surface area contributed by atoms with Crippen molar-refractivity contribution in [3.05, 3.63) is 65.3 Å². The fraction of sp³-hybridized carbons (Fsp3) is 0.263. The minimum atomic E-state index is -0.743. The Bertz CT molecular complexity index is 835. The van der Waals surface area contributed by atoms with Crippen LogP contribution in [-0.2, 0) is 16.1 Å². The number of carbonyl (C=O) groups is 1. The third-order valence-electron chi connectivity index (χ3n) is 3.96. The Hall–Kier alpha value is -2.28. The van der Waals surface area contributed by atoms with E-state index < -0.39 is 12.2 Å². The van der Waals surface area contributed by atoms with Crippen molar-refractivity contribution >= 4 is 27.3 Å². The summed E-state index contributed by atoms with van der Waals surface area (Å²) >= 11 is 1.59. The molecule has 2 aromatic heterocycles. The third-order valence-corrected chi connectivity index (χ3v) is 4.94. The number of ether oxygens (including phenoxy) is 1. The molecule has 0 aliphatic rings.